The molecule has 0 bridgehead atoms. The summed E-state index contributed by atoms with van der Waals surface area (Å²) in [5.74, 6) is -0.582. The van der Waals surface area contributed by atoms with Crippen LogP contribution in [0.3, 0.4) is 0 Å². The van der Waals surface area contributed by atoms with E-state index in [2.05, 4.69) is 10.6 Å². The van der Waals surface area contributed by atoms with Gasteiger partial charge in [0.25, 0.3) is 0 Å². The maximum absolute atomic E-state index is 11.9. The molecule has 0 radical (unpaired) electrons. The molecule has 1 aliphatic heterocycles. The highest BCUT2D eigenvalue weighted by Gasteiger charge is 2.25. The molecule has 0 aliphatic carbocycles. The van der Waals surface area contributed by atoms with Gasteiger partial charge in [0.1, 0.15) is 0 Å². The predicted molar refractivity (Wildman–Crippen MR) is 75.4 cm³/mol. The molecule has 1 fully saturated rings. The Kier molecular flexibility index (Phi) is 4.59. The molecular weight excluding hydrogens is 294 g/mol. The number of carbonyl (C=O) groups is 2. The Bertz CT molecular complexity index is 640. The number of carbonyl (C=O) groups excluding carboxylic acids is 2. The molecule has 7 nitrogen and oxygen atoms in total. The first kappa shape index (κ1) is 15.5. The summed E-state index contributed by atoms with van der Waals surface area (Å²) < 4.78 is 22.2. The van der Waals surface area contributed by atoms with Crippen molar-refractivity contribution in [1.29, 1.82) is 0 Å². The lowest BCUT2D eigenvalue weighted by Gasteiger charge is -2.21. The molecule has 1 aromatic rings. The molecule has 0 aromatic heterocycles. The zero-order valence-electron chi connectivity index (χ0n) is 11.3. The van der Waals surface area contributed by atoms with Crippen LogP contribution in [0, 0.1) is 5.92 Å². The maximum Gasteiger partial charge on any atom is 0.238 e. The molecule has 1 atom stereocenters. The van der Waals surface area contributed by atoms with Gasteiger partial charge in [0, 0.05) is 25.4 Å². The third-order valence-corrected chi connectivity index (χ3v) is 4.27. The Labute approximate surface area is 123 Å². The average Bonchev–Trinajstić information content (AvgIpc) is 2.44. The minimum absolute atomic E-state index is 0.0292. The van der Waals surface area contributed by atoms with Gasteiger partial charge in [-0.1, -0.05) is 12.1 Å². The fourth-order valence-electron chi connectivity index (χ4n) is 2.14. The smallest absolute Gasteiger partial charge is 0.238 e. The van der Waals surface area contributed by atoms with Crippen molar-refractivity contribution in [3.8, 4) is 0 Å². The van der Waals surface area contributed by atoms with E-state index in [0.29, 0.717) is 13.0 Å². The van der Waals surface area contributed by atoms with Gasteiger partial charge in [-0.15, -0.1) is 0 Å². The third kappa shape index (κ3) is 4.27. The zero-order chi connectivity index (χ0) is 15.5. The predicted octanol–water partition coefficient (Wildman–Crippen LogP) is -0.524. The van der Waals surface area contributed by atoms with Crippen LogP contribution in [0.2, 0.25) is 0 Å². The minimum atomic E-state index is -3.71. The first-order chi connectivity index (χ1) is 9.86. The second kappa shape index (κ2) is 6.23. The van der Waals surface area contributed by atoms with Gasteiger partial charge in [-0.2, -0.15) is 0 Å². The number of benzene rings is 1. The fourth-order valence-corrected chi connectivity index (χ4v) is 2.65. The van der Waals surface area contributed by atoms with Crippen molar-refractivity contribution >= 4 is 21.8 Å². The summed E-state index contributed by atoms with van der Waals surface area (Å²) in [6.07, 6.45) is 0.831. The largest absolute Gasteiger partial charge is 0.356 e. The Morgan fingerprint density at radius 2 is 2.00 bits per heavy atom. The lowest BCUT2D eigenvalue weighted by Crippen LogP contribution is -2.40. The highest BCUT2D eigenvalue weighted by atomic mass is 32.2. The summed E-state index contributed by atoms with van der Waals surface area (Å²) in [6.45, 7) is 0.793. The maximum atomic E-state index is 11.9. The van der Waals surface area contributed by atoms with E-state index >= 15 is 0 Å². The molecule has 21 heavy (non-hydrogen) atoms. The van der Waals surface area contributed by atoms with Crippen LogP contribution in [0.15, 0.2) is 29.2 Å². The van der Waals surface area contributed by atoms with Gasteiger partial charge in [0.05, 0.1) is 4.90 Å². The van der Waals surface area contributed by atoms with E-state index in [1.165, 1.54) is 12.1 Å². The van der Waals surface area contributed by atoms with Crippen molar-refractivity contribution in [2.24, 2.45) is 11.1 Å². The molecule has 4 N–H and O–H groups in total. The number of primary sulfonamides is 1. The molecule has 1 aliphatic rings. The van der Waals surface area contributed by atoms with Crippen molar-refractivity contribution in [2.45, 2.75) is 24.3 Å². The van der Waals surface area contributed by atoms with E-state index in [1.807, 2.05) is 0 Å². The van der Waals surface area contributed by atoms with Crippen molar-refractivity contribution in [1.82, 2.24) is 10.6 Å². The third-order valence-electron chi connectivity index (χ3n) is 3.34. The van der Waals surface area contributed by atoms with Crippen LogP contribution in [-0.4, -0.2) is 26.8 Å². The fraction of sp³-hybridized carbons (Fsp3) is 0.385. The topological polar surface area (TPSA) is 118 Å². The van der Waals surface area contributed by atoms with Crippen molar-refractivity contribution in [3.63, 3.8) is 0 Å². The number of amides is 2. The molecule has 1 aromatic carbocycles. The number of hydrogen-bond acceptors (Lipinski definition) is 4. The van der Waals surface area contributed by atoms with Crippen molar-refractivity contribution < 1.29 is 18.0 Å². The van der Waals surface area contributed by atoms with Gasteiger partial charge in [-0.25, -0.2) is 13.6 Å². The van der Waals surface area contributed by atoms with E-state index in [1.54, 1.807) is 12.1 Å². The van der Waals surface area contributed by atoms with Crippen LogP contribution in [0.5, 0.6) is 0 Å². The van der Waals surface area contributed by atoms with Gasteiger partial charge < -0.3 is 10.6 Å². The van der Waals surface area contributed by atoms with Crippen LogP contribution in [0.25, 0.3) is 0 Å². The molecule has 1 saturated heterocycles. The van der Waals surface area contributed by atoms with Crippen LogP contribution in [0.4, 0.5) is 0 Å². The zero-order valence-corrected chi connectivity index (χ0v) is 12.2. The lowest BCUT2D eigenvalue weighted by molar-refractivity contribution is -0.132. The molecule has 114 valence electrons. The molecule has 0 spiro atoms. The van der Waals surface area contributed by atoms with Gasteiger partial charge in [-0.05, 0) is 24.1 Å². The highest BCUT2D eigenvalue weighted by Crippen LogP contribution is 2.13. The van der Waals surface area contributed by atoms with Gasteiger partial charge in [0.15, 0.2) is 0 Å². The standard InChI is InChI=1S/C13H17N3O4S/c14-21(19,20)11-3-1-9(2-4-11)8-16-13(18)10-5-6-15-12(17)7-10/h1-4,10H,5-8H2,(H,15,17)(H,16,18)(H2,14,19,20). The summed E-state index contributed by atoms with van der Waals surface area (Å²) in [6, 6.07) is 5.97. The summed E-state index contributed by atoms with van der Waals surface area (Å²) in [5.41, 5.74) is 0.760. The second-order valence-corrected chi connectivity index (χ2v) is 6.51. The molecule has 0 saturated carbocycles. The van der Waals surface area contributed by atoms with Gasteiger partial charge in [0.2, 0.25) is 21.8 Å². The number of piperidine rings is 1. The molecule has 1 heterocycles. The normalized spacial score (nSPS) is 18.9. The van der Waals surface area contributed by atoms with E-state index in [-0.39, 0.29) is 35.6 Å². The SMILES string of the molecule is NS(=O)(=O)c1ccc(CNC(=O)C2CCNC(=O)C2)cc1. The highest BCUT2D eigenvalue weighted by molar-refractivity contribution is 7.89. The molecule has 2 rings (SSSR count). The number of nitrogens with one attached hydrogen (secondary N) is 2. The molecule has 2 amide bonds. The van der Waals surface area contributed by atoms with E-state index in [0.717, 1.165) is 5.56 Å². The van der Waals surface area contributed by atoms with Crippen molar-refractivity contribution in [3.05, 3.63) is 29.8 Å². The van der Waals surface area contributed by atoms with Crippen LogP contribution in [-0.2, 0) is 26.2 Å². The Hall–Kier alpha value is -1.93. The van der Waals surface area contributed by atoms with E-state index in [4.69, 9.17) is 5.14 Å². The summed E-state index contributed by atoms with van der Waals surface area (Å²) in [5, 5.41) is 10.4. The van der Waals surface area contributed by atoms with Gasteiger partial charge in [-0.3, -0.25) is 9.59 Å². The quantitative estimate of drug-likeness (QED) is 0.693. The molecule has 8 heteroatoms. The molecular formula is C13H17N3O4S. The number of rotatable bonds is 4. The van der Waals surface area contributed by atoms with Crippen LogP contribution < -0.4 is 15.8 Å². The Morgan fingerprint density at radius 3 is 2.57 bits per heavy atom. The average molecular weight is 311 g/mol. The first-order valence-corrected chi connectivity index (χ1v) is 8.07. The van der Waals surface area contributed by atoms with E-state index < -0.39 is 10.0 Å². The summed E-state index contributed by atoms with van der Waals surface area (Å²) >= 11 is 0. The van der Waals surface area contributed by atoms with E-state index in [9.17, 15) is 18.0 Å². The Morgan fingerprint density at radius 1 is 1.33 bits per heavy atom. The Balaban J connectivity index is 1.91. The van der Waals surface area contributed by atoms with Crippen molar-refractivity contribution in [2.75, 3.05) is 6.54 Å². The van der Waals surface area contributed by atoms with Crippen LogP contribution >= 0.6 is 0 Å². The molecule has 1 unspecified atom stereocenters. The number of nitrogens with two attached hydrogens (primary N) is 1. The number of sulfonamides is 1. The van der Waals surface area contributed by atoms with Gasteiger partial charge >= 0.3 is 0 Å². The first-order valence-electron chi connectivity index (χ1n) is 6.52. The lowest BCUT2D eigenvalue weighted by atomic mass is 9.96. The second-order valence-electron chi connectivity index (χ2n) is 4.95. The monoisotopic (exact) mass is 311 g/mol. The summed E-state index contributed by atoms with van der Waals surface area (Å²) in [7, 11) is -3.71. The summed E-state index contributed by atoms with van der Waals surface area (Å²) in [4.78, 5) is 23.2. The number of hydrogen-bond donors (Lipinski definition) is 3. The minimum Gasteiger partial charge on any atom is -0.356 e. The van der Waals surface area contributed by atoms with Crippen LogP contribution in [0.1, 0.15) is 18.4 Å².